The lowest BCUT2D eigenvalue weighted by Crippen LogP contribution is -2.35. The molecule has 0 aliphatic heterocycles. The maximum Gasteiger partial charge on any atom is 0.223 e. The minimum Gasteiger partial charge on any atom is -0.370 e. The Morgan fingerprint density at radius 1 is 1.08 bits per heavy atom. The largest absolute Gasteiger partial charge is 0.370 e. The van der Waals surface area contributed by atoms with E-state index in [0.717, 1.165) is 21.2 Å². The lowest BCUT2D eigenvalue weighted by Gasteiger charge is -2.25. The van der Waals surface area contributed by atoms with E-state index in [-0.39, 0.29) is 24.2 Å². The SMILES string of the molecule is CNC(=O)[C@H](Cc1cccs1)C(CC(N)=O)c1ccc2ccccc2c1. The normalized spacial score (nSPS) is 13.3. The van der Waals surface area contributed by atoms with E-state index < -0.39 is 5.91 Å². The third kappa shape index (κ3) is 4.11. The first-order chi connectivity index (χ1) is 12.6. The molecule has 0 spiro atoms. The topological polar surface area (TPSA) is 72.2 Å². The summed E-state index contributed by atoms with van der Waals surface area (Å²) in [4.78, 5) is 25.5. The second-order valence-corrected chi connectivity index (χ2v) is 7.42. The lowest BCUT2D eigenvalue weighted by molar-refractivity contribution is -0.125. The number of nitrogens with two attached hydrogens (primary N) is 1. The highest BCUT2D eigenvalue weighted by atomic mass is 32.1. The number of thiophene rings is 1. The fraction of sp³-hybridized carbons (Fsp3) is 0.238. The van der Waals surface area contributed by atoms with Crippen molar-refractivity contribution in [2.45, 2.75) is 18.8 Å². The van der Waals surface area contributed by atoms with Gasteiger partial charge < -0.3 is 11.1 Å². The number of hydrogen-bond acceptors (Lipinski definition) is 3. The Morgan fingerprint density at radius 2 is 1.85 bits per heavy atom. The highest BCUT2D eigenvalue weighted by Crippen LogP contribution is 2.33. The van der Waals surface area contributed by atoms with E-state index in [2.05, 4.69) is 11.4 Å². The van der Waals surface area contributed by atoms with Crippen LogP contribution in [0.2, 0.25) is 0 Å². The summed E-state index contributed by atoms with van der Waals surface area (Å²) in [6.07, 6.45) is 0.726. The van der Waals surface area contributed by atoms with Crippen molar-refractivity contribution >= 4 is 33.9 Å². The quantitative estimate of drug-likeness (QED) is 0.672. The van der Waals surface area contributed by atoms with Crippen molar-refractivity contribution in [3.05, 3.63) is 70.4 Å². The van der Waals surface area contributed by atoms with E-state index in [1.807, 2.05) is 53.9 Å². The van der Waals surface area contributed by atoms with Gasteiger partial charge in [-0.15, -0.1) is 11.3 Å². The Hall–Kier alpha value is -2.66. The molecule has 5 heteroatoms. The van der Waals surface area contributed by atoms with Crippen LogP contribution < -0.4 is 11.1 Å². The van der Waals surface area contributed by atoms with Crippen molar-refractivity contribution < 1.29 is 9.59 Å². The minimum absolute atomic E-state index is 0.0715. The van der Waals surface area contributed by atoms with Gasteiger partial charge in [-0.1, -0.05) is 48.5 Å². The van der Waals surface area contributed by atoms with Crippen molar-refractivity contribution in [2.75, 3.05) is 7.05 Å². The molecule has 2 amide bonds. The van der Waals surface area contributed by atoms with Crippen LogP contribution in [0.1, 0.15) is 22.8 Å². The molecule has 0 saturated heterocycles. The fourth-order valence-electron chi connectivity index (χ4n) is 3.40. The molecule has 0 bridgehead atoms. The maximum absolute atomic E-state index is 12.6. The smallest absolute Gasteiger partial charge is 0.223 e. The zero-order chi connectivity index (χ0) is 18.5. The van der Waals surface area contributed by atoms with Gasteiger partial charge in [-0.05, 0) is 34.2 Å². The van der Waals surface area contributed by atoms with Crippen molar-refractivity contribution in [3.63, 3.8) is 0 Å². The number of rotatable bonds is 7. The van der Waals surface area contributed by atoms with Gasteiger partial charge in [0, 0.05) is 24.3 Å². The highest BCUT2D eigenvalue weighted by Gasteiger charge is 2.31. The number of carbonyl (C=O) groups is 2. The number of nitrogens with one attached hydrogen (secondary N) is 1. The first kappa shape index (κ1) is 18.1. The standard InChI is InChI=1S/C21H22N2O2S/c1-23-21(25)19(12-17-7-4-10-26-17)18(13-20(22)24)16-9-8-14-5-2-3-6-15(14)11-16/h2-11,18-19H,12-13H2,1H3,(H2,22,24)(H,23,25)/t18?,19-/m1/s1. The van der Waals surface area contributed by atoms with Crippen LogP contribution >= 0.6 is 11.3 Å². The average molecular weight is 366 g/mol. The minimum atomic E-state index is -0.400. The van der Waals surface area contributed by atoms with Gasteiger partial charge in [-0.3, -0.25) is 9.59 Å². The zero-order valence-electron chi connectivity index (χ0n) is 14.6. The second kappa shape index (κ2) is 8.15. The summed E-state index contributed by atoms with van der Waals surface area (Å²) in [5.41, 5.74) is 6.49. The van der Waals surface area contributed by atoms with Gasteiger partial charge in [-0.25, -0.2) is 0 Å². The van der Waals surface area contributed by atoms with Gasteiger partial charge >= 0.3 is 0 Å². The maximum atomic E-state index is 12.6. The number of hydrogen-bond donors (Lipinski definition) is 2. The van der Waals surface area contributed by atoms with Crippen LogP contribution in [0.5, 0.6) is 0 Å². The molecule has 2 atom stereocenters. The summed E-state index contributed by atoms with van der Waals surface area (Å²) in [5, 5.41) is 6.96. The summed E-state index contributed by atoms with van der Waals surface area (Å²) >= 11 is 1.62. The molecular formula is C21H22N2O2S. The highest BCUT2D eigenvalue weighted by molar-refractivity contribution is 7.09. The summed E-state index contributed by atoms with van der Waals surface area (Å²) in [5.74, 6) is -1.09. The summed E-state index contributed by atoms with van der Waals surface area (Å²) in [7, 11) is 1.63. The third-order valence-corrected chi connectivity index (χ3v) is 5.59. The molecule has 0 aliphatic rings. The number of primary amides is 1. The van der Waals surface area contributed by atoms with Gasteiger partial charge in [-0.2, -0.15) is 0 Å². The Labute approximate surface area is 157 Å². The van der Waals surface area contributed by atoms with Gasteiger partial charge in [0.15, 0.2) is 0 Å². The summed E-state index contributed by atoms with van der Waals surface area (Å²) < 4.78 is 0. The lowest BCUT2D eigenvalue weighted by atomic mass is 9.80. The van der Waals surface area contributed by atoms with E-state index in [1.54, 1.807) is 18.4 Å². The molecule has 26 heavy (non-hydrogen) atoms. The number of amides is 2. The first-order valence-corrected chi connectivity index (χ1v) is 9.47. The number of benzene rings is 2. The van der Waals surface area contributed by atoms with E-state index in [0.29, 0.717) is 6.42 Å². The molecule has 1 unspecified atom stereocenters. The molecule has 134 valence electrons. The molecule has 1 aromatic heterocycles. The number of carbonyl (C=O) groups excluding carboxylic acids is 2. The van der Waals surface area contributed by atoms with Crippen molar-refractivity contribution in [2.24, 2.45) is 11.7 Å². The van der Waals surface area contributed by atoms with Crippen LogP contribution in [-0.4, -0.2) is 18.9 Å². The summed E-state index contributed by atoms with van der Waals surface area (Å²) in [6.45, 7) is 0. The van der Waals surface area contributed by atoms with Gasteiger partial charge in [0.2, 0.25) is 11.8 Å². The molecule has 0 aliphatic carbocycles. The molecule has 3 rings (SSSR count). The first-order valence-electron chi connectivity index (χ1n) is 8.59. The van der Waals surface area contributed by atoms with Gasteiger partial charge in [0.05, 0.1) is 5.92 Å². The van der Waals surface area contributed by atoms with E-state index in [4.69, 9.17) is 5.73 Å². The van der Waals surface area contributed by atoms with Gasteiger partial charge in [0.25, 0.3) is 0 Å². The molecule has 0 radical (unpaired) electrons. The number of fused-ring (bicyclic) bond motifs is 1. The van der Waals surface area contributed by atoms with E-state index in [1.165, 1.54) is 0 Å². The van der Waals surface area contributed by atoms with Crippen LogP contribution in [-0.2, 0) is 16.0 Å². The van der Waals surface area contributed by atoms with Crippen LogP contribution in [0, 0.1) is 5.92 Å². The van der Waals surface area contributed by atoms with Crippen molar-refractivity contribution in [1.82, 2.24) is 5.32 Å². The Morgan fingerprint density at radius 3 is 2.50 bits per heavy atom. The predicted molar refractivity (Wildman–Crippen MR) is 106 cm³/mol. The van der Waals surface area contributed by atoms with Crippen molar-refractivity contribution in [1.29, 1.82) is 0 Å². The zero-order valence-corrected chi connectivity index (χ0v) is 15.5. The Bertz CT molecular complexity index is 905. The predicted octanol–water partition coefficient (Wildman–Crippen LogP) is 3.47. The van der Waals surface area contributed by atoms with Crippen molar-refractivity contribution in [3.8, 4) is 0 Å². The Balaban J connectivity index is 2.02. The molecule has 4 nitrogen and oxygen atoms in total. The van der Waals surface area contributed by atoms with Crippen LogP contribution in [0.15, 0.2) is 60.0 Å². The molecule has 1 heterocycles. The molecule has 0 fully saturated rings. The van der Waals surface area contributed by atoms with E-state index in [9.17, 15) is 9.59 Å². The van der Waals surface area contributed by atoms with E-state index >= 15 is 0 Å². The van der Waals surface area contributed by atoms with Gasteiger partial charge in [0.1, 0.15) is 0 Å². The molecule has 3 aromatic rings. The summed E-state index contributed by atoms with van der Waals surface area (Å²) in [6, 6.07) is 18.1. The van der Waals surface area contributed by atoms with Crippen LogP contribution in [0.4, 0.5) is 0 Å². The average Bonchev–Trinajstić information content (AvgIpc) is 3.16. The van der Waals surface area contributed by atoms with Crippen LogP contribution in [0.25, 0.3) is 10.8 Å². The molecular weight excluding hydrogens is 344 g/mol. The second-order valence-electron chi connectivity index (χ2n) is 6.39. The third-order valence-electron chi connectivity index (χ3n) is 4.69. The monoisotopic (exact) mass is 366 g/mol. The molecule has 2 aromatic carbocycles. The fourth-order valence-corrected chi connectivity index (χ4v) is 4.16. The molecule has 0 saturated carbocycles. The molecule has 3 N–H and O–H groups in total. The van der Waals surface area contributed by atoms with Crippen LogP contribution in [0.3, 0.4) is 0 Å². The Kier molecular flexibility index (Phi) is 5.68.